The molecule has 3 aromatic carbocycles. The lowest BCUT2D eigenvalue weighted by molar-refractivity contribution is 0.306. The summed E-state index contributed by atoms with van der Waals surface area (Å²) in [6.07, 6.45) is 1.82. The fourth-order valence-corrected chi connectivity index (χ4v) is 2.92. The minimum absolute atomic E-state index is 0.520. The molecular formula is C23H22BrNO2. The Morgan fingerprint density at radius 2 is 1.67 bits per heavy atom. The molecule has 0 heterocycles. The number of ether oxygens (including phenoxy) is 2. The second kappa shape index (κ2) is 9.38. The lowest BCUT2D eigenvalue weighted by Crippen LogP contribution is -1.98. The molecule has 4 heteroatoms. The van der Waals surface area contributed by atoms with E-state index in [1.54, 1.807) is 0 Å². The molecule has 0 unspecified atom stereocenters. The van der Waals surface area contributed by atoms with E-state index in [4.69, 9.17) is 9.47 Å². The molecule has 0 aliphatic carbocycles. The number of benzene rings is 3. The van der Waals surface area contributed by atoms with Gasteiger partial charge in [-0.3, -0.25) is 4.99 Å². The second-order valence-corrected chi connectivity index (χ2v) is 7.06. The maximum Gasteiger partial charge on any atom is 0.128 e. The Morgan fingerprint density at radius 3 is 2.37 bits per heavy atom. The van der Waals surface area contributed by atoms with Crippen LogP contribution in [0.25, 0.3) is 0 Å². The SMILES string of the molecule is CCOc1ccc(N=Cc2cc(Br)ccc2OCc2ccc(C)cc2)cc1. The summed E-state index contributed by atoms with van der Waals surface area (Å²) in [7, 11) is 0. The van der Waals surface area contributed by atoms with Crippen molar-refractivity contribution in [2.75, 3.05) is 6.61 Å². The summed E-state index contributed by atoms with van der Waals surface area (Å²) < 4.78 is 12.5. The quantitative estimate of drug-likeness (QED) is 0.406. The topological polar surface area (TPSA) is 30.8 Å². The summed E-state index contributed by atoms with van der Waals surface area (Å²) in [6.45, 7) is 5.22. The summed E-state index contributed by atoms with van der Waals surface area (Å²) in [4.78, 5) is 4.56. The molecule has 0 saturated heterocycles. The Hall–Kier alpha value is -2.59. The zero-order valence-corrected chi connectivity index (χ0v) is 17.1. The molecule has 27 heavy (non-hydrogen) atoms. The van der Waals surface area contributed by atoms with Crippen LogP contribution in [0.15, 0.2) is 76.2 Å². The van der Waals surface area contributed by atoms with Crippen molar-refractivity contribution in [1.82, 2.24) is 0 Å². The van der Waals surface area contributed by atoms with Crippen molar-refractivity contribution < 1.29 is 9.47 Å². The molecule has 0 N–H and O–H groups in total. The zero-order valence-electron chi connectivity index (χ0n) is 15.5. The molecule has 0 atom stereocenters. The van der Waals surface area contributed by atoms with Crippen LogP contribution in [-0.2, 0) is 6.61 Å². The van der Waals surface area contributed by atoms with Gasteiger partial charge in [-0.05, 0) is 61.9 Å². The number of aryl methyl sites for hydroxylation is 1. The van der Waals surface area contributed by atoms with Crippen molar-refractivity contribution in [1.29, 1.82) is 0 Å². The van der Waals surface area contributed by atoms with E-state index in [0.717, 1.165) is 32.8 Å². The van der Waals surface area contributed by atoms with Crippen LogP contribution in [0.5, 0.6) is 11.5 Å². The van der Waals surface area contributed by atoms with Gasteiger partial charge in [-0.25, -0.2) is 0 Å². The van der Waals surface area contributed by atoms with Gasteiger partial charge in [0.2, 0.25) is 0 Å². The molecule has 138 valence electrons. The van der Waals surface area contributed by atoms with Crippen molar-refractivity contribution >= 4 is 27.8 Å². The number of nitrogens with zero attached hydrogens (tertiary/aromatic N) is 1. The van der Waals surface area contributed by atoms with E-state index in [2.05, 4.69) is 52.1 Å². The number of aliphatic imine (C=N–C) groups is 1. The molecule has 3 aromatic rings. The molecule has 0 radical (unpaired) electrons. The molecule has 0 spiro atoms. The molecule has 0 aliphatic rings. The van der Waals surface area contributed by atoms with Crippen molar-refractivity contribution in [2.24, 2.45) is 4.99 Å². The average molecular weight is 424 g/mol. The van der Waals surface area contributed by atoms with Gasteiger partial charge >= 0.3 is 0 Å². The zero-order chi connectivity index (χ0) is 19.1. The van der Waals surface area contributed by atoms with Crippen molar-refractivity contribution in [2.45, 2.75) is 20.5 Å². The molecule has 0 saturated carbocycles. The molecule has 3 rings (SSSR count). The van der Waals surface area contributed by atoms with Gasteiger partial charge in [-0.2, -0.15) is 0 Å². The Kier molecular flexibility index (Phi) is 6.66. The van der Waals surface area contributed by atoms with Gasteiger partial charge in [0.15, 0.2) is 0 Å². The third-order valence-electron chi connectivity index (χ3n) is 3.99. The Balaban J connectivity index is 1.74. The van der Waals surface area contributed by atoms with E-state index in [1.807, 2.05) is 55.6 Å². The summed E-state index contributed by atoms with van der Waals surface area (Å²) in [5.41, 5.74) is 4.16. The van der Waals surface area contributed by atoms with Gasteiger partial charge < -0.3 is 9.47 Å². The number of hydrogen-bond acceptors (Lipinski definition) is 3. The van der Waals surface area contributed by atoms with E-state index in [-0.39, 0.29) is 0 Å². The molecule has 0 fully saturated rings. The first-order chi connectivity index (χ1) is 13.1. The summed E-state index contributed by atoms with van der Waals surface area (Å²) in [5.74, 6) is 1.65. The van der Waals surface area contributed by atoms with Crippen LogP contribution in [0.3, 0.4) is 0 Å². The van der Waals surface area contributed by atoms with Crippen molar-refractivity contribution in [3.05, 3.63) is 87.9 Å². The van der Waals surface area contributed by atoms with Gasteiger partial charge in [0, 0.05) is 16.3 Å². The van der Waals surface area contributed by atoms with Crippen LogP contribution in [-0.4, -0.2) is 12.8 Å². The highest BCUT2D eigenvalue weighted by molar-refractivity contribution is 9.10. The fraction of sp³-hybridized carbons (Fsp3) is 0.174. The lowest BCUT2D eigenvalue weighted by Gasteiger charge is -2.10. The maximum atomic E-state index is 6.03. The summed E-state index contributed by atoms with van der Waals surface area (Å²) in [6, 6.07) is 22.0. The van der Waals surface area contributed by atoms with E-state index in [1.165, 1.54) is 5.56 Å². The smallest absolute Gasteiger partial charge is 0.128 e. The third kappa shape index (κ3) is 5.69. The van der Waals surface area contributed by atoms with Crippen LogP contribution >= 0.6 is 15.9 Å². The van der Waals surface area contributed by atoms with Gasteiger partial charge in [0.05, 0.1) is 12.3 Å². The van der Waals surface area contributed by atoms with Crippen molar-refractivity contribution in [3.8, 4) is 11.5 Å². The van der Waals surface area contributed by atoms with Crippen molar-refractivity contribution in [3.63, 3.8) is 0 Å². The monoisotopic (exact) mass is 423 g/mol. The molecular weight excluding hydrogens is 402 g/mol. The minimum Gasteiger partial charge on any atom is -0.494 e. The van der Waals surface area contributed by atoms with Gasteiger partial charge in [-0.15, -0.1) is 0 Å². The first-order valence-corrected chi connectivity index (χ1v) is 9.68. The Morgan fingerprint density at radius 1 is 0.926 bits per heavy atom. The van der Waals surface area contributed by atoms with Crippen LogP contribution in [0.2, 0.25) is 0 Å². The third-order valence-corrected chi connectivity index (χ3v) is 4.48. The van der Waals surface area contributed by atoms with Gasteiger partial charge in [0.25, 0.3) is 0 Å². The van der Waals surface area contributed by atoms with E-state index >= 15 is 0 Å². The highest BCUT2D eigenvalue weighted by atomic mass is 79.9. The first kappa shape index (κ1) is 19.2. The second-order valence-electron chi connectivity index (χ2n) is 6.14. The van der Waals surface area contributed by atoms with Crippen LogP contribution < -0.4 is 9.47 Å². The number of rotatable bonds is 7. The first-order valence-electron chi connectivity index (χ1n) is 8.89. The number of hydrogen-bond donors (Lipinski definition) is 0. The lowest BCUT2D eigenvalue weighted by atomic mass is 10.1. The molecule has 0 aliphatic heterocycles. The minimum atomic E-state index is 0.520. The van der Waals surface area contributed by atoms with E-state index < -0.39 is 0 Å². The van der Waals surface area contributed by atoms with Crippen LogP contribution in [0.1, 0.15) is 23.6 Å². The highest BCUT2D eigenvalue weighted by Crippen LogP contribution is 2.24. The predicted octanol–water partition coefficient (Wildman–Crippen LogP) is 6.49. The average Bonchev–Trinajstić information content (AvgIpc) is 2.68. The molecule has 0 amide bonds. The highest BCUT2D eigenvalue weighted by Gasteiger charge is 2.04. The normalized spacial score (nSPS) is 10.9. The summed E-state index contributed by atoms with van der Waals surface area (Å²) in [5, 5.41) is 0. The summed E-state index contributed by atoms with van der Waals surface area (Å²) >= 11 is 3.52. The molecule has 3 nitrogen and oxygen atoms in total. The molecule has 0 bridgehead atoms. The predicted molar refractivity (Wildman–Crippen MR) is 115 cm³/mol. The van der Waals surface area contributed by atoms with Crippen LogP contribution in [0.4, 0.5) is 5.69 Å². The van der Waals surface area contributed by atoms with Crippen LogP contribution in [0, 0.1) is 6.92 Å². The maximum absolute atomic E-state index is 6.03. The van der Waals surface area contributed by atoms with Gasteiger partial charge in [0.1, 0.15) is 18.1 Å². The van der Waals surface area contributed by atoms with Gasteiger partial charge in [-0.1, -0.05) is 45.8 Å². The Bertz CT molecular complexity index is 903. The fourth-order valence-electron chi connectivity index (χ4n) is 2.54. The number of halogens is 1. The standard InChI is InChI=1S/C23H22BrNO2/c1-3-26-22-11-9-21(10-12-22)25-15-19-14-20(24)8-13-23(19)27-16-18-6-4-17(2)5-7-18/h4-15H,3,16H2,1-2H3. The molecule has 0 aromatic heterocycles. The largest absolute Gasteiger partial charge is 0.494 e. The van der Waals surface area contributed by atoms with E-state index in [0.29, 0.717) is 13.2 Å². The Labute approximate surface area is 168 Å². The van der Waals surface area contributed by atoms with E-state index in [9.17, 15) is 0 Å².